The van der Waals surface area contributed by atoms with Gasteiger partial charge in [0.25, 0.3) is 0 Å². The van der Waals surface area contributed by atoms with Crippen molar-refractivity contribution in [3.05, 3.63) is 106 Å². The molecule has 1 unspecified atom stereocenters. The van der Waals surface area contributed by atoms with E-state index in [0.29, 0.717) is 5.02 Å². The van der Waals surface area contributed by atoms with E-state index in [0.717, 1.165) is 67.3 Å². The van der Waals surface area contributed by atoms with Crippen molar-refractivity contribution in [2.24, 2.45) is 0 Å². The minimum Gasteiger partial charge on any atom is -0.384 e. The van der Waals surface area contributed by atoms with Crippen LogP contribution >= 0.6 is 23.2 Å². The van der Waals surface area contributed by atoms with Gasteiger partial charge in [0.2, 0.25) is 0 Å². The molecule has 5 rings (SSSR count). The maximum absolute atomic E-state index is 6.19. The number of hydrogen-bond donors (Lipinski definition) is 1. The van der Waals surface area contributed by atoms with Crippen LogP contribution in [0.25, 0.3) is 10.9 Å². The lowest BCUT2D eigenvalue weighted by Gasteiger charge is -2.31. The van der Waals surface area contributed by atoms with Gasteiger partial charge in [-0.2, -0.15) is 0 Å². The minimum absolute atomic E-state index is 0.249. The van der Waals surface area contributed by atoms with E-state index in [1.165, 1.54) is 17.5 Å². The second kappa shape index (κ2) is 12.1. The fourth-order valence-electron chi connectivity index (χ4n) is 5.17. The number of nitrogens with one attached hydrogen (secondary N) is 1. The molecule has 4 aromatic rings. The molecule has 186 valence electrons. The van der Waals surface area contributed by atoms with Gasteiger partial charge in [0.15, 0.2) is 0 Å². The van der Waals surface area contributed by atoms with Crippen molar-refractivity contribution >= 4 is 39.8 Å². The molecule has 0 radical (unpaired) electrons. The molecule has 0 saturated carbocycles. The summed E-state index contributed by atoms with van der Waals surface area (Å²) in [6, 6.07) is 27.4. The normalized spacial score (nSPS) is 16.1. The van der Waals surface area contributed by atoms with Crippen LogP contribution < -0.4 is 5.32 Å². The Morgan fingerprint density at radius 1 is 0.806 bits per heavy atom. The maximum atomic E-state index is 6.19. The van der Waals surface area contributed by atoms with E-state index in [1.807, 2.05) is 42.6 Å². The first-order valence-electron chi connectivity index (χ1n) is 12.7. The summed E-state index contributed by atoms with van der Waals surface area (Å²) >= 11 is 12.3. The number of benzene rings is 3. The Balaban J connectivity index is 1.18. The van der Waals surface area contributed by atoms with Crippen LogP contribution in [0.2, 0.25) is 10.0 Å². The Labute approximate surface area is 223 Å². The molecule has 2 heterocycles. The summed E-state index contributed by atoms with van der Waals surface area (Å²) in [5.41, 5.74) is 4.68. The molecule has 0 amide bonds. The monoisotopic (exact) mass is 518 g/mol. The average Bonchev–Trinajstić information content (AvgIpc) is 3.14. The van der Waals surface area contributed by atoms with E-state index in [1.54, 1.807) is 0 Å². The molecule has 1 aliphatic heterocycles. The summed E-state index contributed by atoms with van der Waals surface area (Å²) < 4.78 is 0. The number of pyridine rings is 1. The minimum atomic E-state index is 0.249. The van der Waals surface area contributed by atoms with E-state index in [-0.39, 0.29) is 6.04 Å². The van der Waals surface area contributed by atoms with E-state index >= 15 is 0 Å². The molecular weight excluding hydrogens is 487 g/mol. The molecule has 1 fully saturated rings. The number of rotatable bonds is 8. The number of fused-ring (bicyclic) bond motifs is 1. The van der Waals surface area contributed by atoms with Crippen LogP contribution in [0.4, 0.5) is 5.69 Å². The Hall–Kier alpha value is -2.63. The van der Waals surface area contributed by atoms with Crippen molar-refractivity contribution in [2.75, 3.05) is 44.6 Å². The van der Waals surface area contributed by atoms with E-state index in [9.17, 15) is 0 Å². The highest BCUT2D eigenvalue weighted by atomic mass is 35.5. The van der Waals surface area contributed by atoms with Gasteiger partial charge in [0.05, 0.1) is 11.6 Å². The summed E-state index contributed by atoms with van der Waals surface area (Å²) in [7, 11) is 0. The summed E-state index contributed by atoms with van der Waals surface area (Å²) in [6.07, 6.45) is 4.10. The molecule has 36 heavy (non-hydrogen) atoms. The highest BCUT2D eigenvalue weighted by Crippen LogP contribution is 2.30. The van der Waals surface area contributed by atoms with Crippen LogP contribution in [0, 0.1) is 0 Å². The zero-order valence-corrected chi connectivity index (χ0v) is 21.9. The lowest BCUT2D eigenvalue weighted by atomic mass is 9.97. The number of hydrogen-bond acceptors (Lipinski definition) is 4. The first-order valence-corrected chi connectivity index (χ1v) is 13.5. The Morgan fingerprint density at radius 3 is 2.42 bits per heavy atom. The van der Waals surface area contributed by atoms with Gasteiger partial charge in [0, 0.05) is 53.5 Å². The number of halogens is 2. The van der Waals surface area contributed by atoms with Crippen LogP contribution in [0.3, 0.4) is 0 Å². The van der Waals surface area contributed by atoms with Crippen LogP contribution in [-0.4, -0.2) is 54.1 Å². The summed E-state index contributed by atoms with van der Waals surface area (Å²) in [4.78, 5) is 9.68. The van der Waals surface area contributed by atoms with Gasteiger partial charge in [-0.1, -0.05) is 65.7 Å². The van der Waals surface area contributed by atoms with Gasteiger partial charge in [-0.25, -0.2) is 0 Å². The van der Waals surface area contributed by atoms with E-state index in [2.05, 4.69) is 62.6 Å². The molecule has 4 nitrogen and oxygen atoms in total. The van der Waals surface area contributed by atoms with Gasteiger partial charge in [-0.3, -0.25) is 9.88 Å². The second-order valence-corrected chi connectivity index (χ2v) is 10.3. The van der Waals surface area contributed by atoms with Gasteiger partial charge in [0.1, 0.15) is 0 Å². The Bertz CT molecular complexity index is 1260. The smallest absolute Gasteiger partial charge is 0.0737 e. The second-order valence-electron chi connectivity index (χ2n) is 9.40. The fourth-order valence-corrected chi connectivity index (χ4v) is 5.46. The summed E-state index contributed by atoms with van der Waals surface area (Å²) in [5.74, 6) is 0. The van der Waals surface area contributed by atoms with Crippen LogP contribution in [0.5, 0.6) is 0 Å². The average molecular weight is 520 g/mol. The zero-order valence-electron chi connectivity index (χ0n) is 20.4. The summed E-state index contributed by atoms with van der Waals surface area (Å²) in [5, 5.41) is 6.22. The van der Waals surface area contributed by atoms with Gasteiger partial charge in [-0.05, 0) is 73.5 Å². The van der Waals surface area contributed by atoms with Gasteiger partial charge in [-0.15, -0.1) is 0 Å². The molecule has 0 bridgehead atoms. The van der Waals surface area contributed by atoms with Crippen molar-refractivity contribution < 1.29 is 0 Å². The largest absolute Gasteiger partial charge is 0.384 e. The Morgan fingerprint density at radius 2 is 1.58 bits per heavy atom. The fraction of sp³-hybridized carbons (Fsp3) is 0.300. The molecule has 1 saturated heterocycles. The van der Waals surface area contributed by atoms with E-state index < -0.39 is 0 Å². The van der Waals surface area contributed by atoms with Crippen molar-refractivity contribution in [3.8, 4) is 0 Å². The first kappa shape index (κ1) is 25.0. The first-order chi connectivity index (χ1) is 17.7. The highest BCUT2D eigenvalue weighted by Gasteiger charge is 2.24. The third kappa shape index (κ3) is 6.19. The third-order valence-corrected chi connectivity index (χ3v) is 7.45. The van der Waals surface area contributed by atoms with Crippen molar-refractivity contribution in [1.82, 2.24) is 14.8 Å². The molecule has 1 aliphatic rings. The predicted octanol–water partition coefficient (Wildman–Crippen LogP) is 7.14. The van der Waals surface area contributed by atoms with Crippen molar-refractivity contribution in [1.29, 1.82) is 0 Å². The third-order valence-electron chi connectivity index (χ3n) is 6.96. The number of anilines is 1. The van der Waals surface area contributed by atoms with Crippen molar-refractivity contribution in [2.45, 2.75) is 18.9 Å². The molecule has 1 aromatic heterocycles. The molecule has 6 heteroatoms. The molecular formula is C30H32Cl2N4. The quantitative estimate of drug-likeness (QED) is 0.251. The lowest BCUT2D eigenvalue weighted by molar-refractivity contribution is 0.223. The molecule has 1 atom stereocenters. The van der Waals surface area contributed by atoms with Crippen LogP contribution in [0.15, 0.2) is 85.1 Å². The molecule has 3 aromatic carbocycles. The number of nitrogens with zero attached hydrogens (tertiary/aromatic N) is 3. The Kier molecular flexibility index (Phi) is 8.40. The standard InChI is InChI=1S/C30H32Cl2N4/c31-25-10-8-24(9-11-25)30(23-6-2-1-3-7-23)36-19-5-18-35(20-21-36)17-4-15-33-28-14-16-34-29-22-26(32)12-13-27(28)29/h1-3,6-14,16,22,30H,4-5,15,17-21H2,(H,33,34). The molecule has 0 aliphatic carbocycles. The summed E-state index contributed by atoms with van der Waals surface area (Å²) in [6.45, 7) is 6.36. The predicted molar refractivity (Wildman–Crippen MR) is 152 cm³/mol. The van der Waals surface area contributed by atoms with Gasteiger partial charge >= 0.3 is 0 Å². The maximum Gasteiger partial charge on any atom is 0.0737 e. The zero-order chi connectivity index (χ0) is 24.7. The van der Waals surface area contributed by atoms with Crippen LogP contribution in [0.1, 0.15) is 30.0 Å². The number of aromatic nitrogens is 1. The van der Waals surface area contributed by atoms with Crippen molar-refractivity contribution in [3.63, 3.8) is 0 Å². The van der Waals surface area contributed by atoms with Crippen LogP contribution in [-0.2, 0) is 0 Å². The van der Waals surface area contributed by atoms with E-state index in [4.69, 9.17) is 23.2 Å². The highest BCUT2D eigenvalue weighted by molar-refractivity contribution is 6.31. The topological polar surface area (TPSA) is 31.4 Å². The molecule has 1 N–H and O–H groups in total. The molecule has 0 spiro atoms. The van der Waals surface area contributed by atoms with Gasteiger partial charge < -0.3 is 10.2 Å². The SMILES string of the molecule is Clc1ccc(C(c2ccccc2)N2CCCN(CCCNc3ccnc4cc(Cl)ccc34)CC2)cc1. The lowest BCUT2D eigenvalue weighted by Crippen LogP contribution is -2.34.